The van der Waals surface area contributed by atoms with Gasteiger partial charge in [-0.25, -0.2) is 0 Å². The van der Waals surface area contributed by atoms with E-state index in [1.165, 1.54) is 0 Å². The van der Waals surface area contributed by atoms with Gasteiger partial charge in [-0.2, -0.15) is 0 Å². The quantitative estimate of drug-likeness (QED) is 0.578. The summed E-state index contributed by atoms with van der Waals surface area (Å²) in [6, 6.07) is 23.3. The van der Waals surface area contributed by atoms with Crippen molar-refractivity contribution in [3.63, 3.8) is 0 Å². The van der Waals surface area contributed by atoms with Crippen molar-refractivity contribution in [3.05, 3.63) is 102 Å². The first kappa shape index (κ1) is 16.1. The molecule has 2 N–H and O–H groups in total. The number of aromatic nitrogens is 2. The van der Waals surface area contributed by atoms with Crippen molar-refractivity contribution in [3.8, 4) is 0 Å². The van der Waals surface area contributed by atoms with E-state index in [-0.39, 0.29) is 11.9 Å². The molecule has 4 aromatic rings. The van der Waals surface area contributed by atoms with Crippen LogP contribution in [-0.4, -0.2) is 15.9 Å². The molecule has 0 fully saturated rings. The van der Waals surface area contributed by atoms with Gasteiger partial charge in [0.05, 0.1) is 11.7 Å². The SMILES string of the molecule is Cc1ccc2cc(C(=O)NC(c3ccccc3)c3ccccn3)[nH]c2c1. The molecular weight excluding hydrogens is 322 g/mol. The Morgan fingerprint density at radius 3 is 2.58 bits per heavy atom. The number of hydrogen-bond acceptors (Lipinski definition) is 2. The summed E-state index contributed by atoms with van der Waals surface area (Å²) in [5.41, 5.74) is 4.46. The summed E-state index contributed by atoms with van der Waals surface area (Å²) in [4.78, 5) is 20.5. The van der Waals surface area contributed by atoms with Crippen LogP contribution in [-0.2, 0) is 0 Å². The molecule has 1 amide bonds. The zero-order valence-corrected chi connectivity index (χ0v) is 14.4. The third-order valence-electron chi connectivity index (χ3n) is 4.41. The van der Waals surface area contributed by atoms with Crippen molar-refractivity contribution >= 4 is 16.8 Å². The number of benzene rings is 2. The van der Waals surface area contributed by atoms with E-state index in [9.17, 15) is 4.79 Å². The van der Waals surface area contributed by atoms with Gasteiger partial charge in [-0.3, -0.25) is 9.78 Å². The monoisotopic (exact) mass is 341 g/mol. The molecule has 1 unspecified atom stereocenters. The van der Waals surface area contributed by atoms with Crippen LogP contribution in [0.5, 0.6) is 0 Å². The van der Waals surface area contributed by atoms with E-state index in [2.05, 4.69) is 15.3 Å². The number of nitrogens with zero attached hydrogens (tertiary/aromatic N) is 1. The van der Waals surface area contributed by atoms with Gasteiger partial charge in [0.1, 0.15) is 5.69 Å². The van der Waals surface area contributed by atoms with Gasteiger partial charge < -0.3 is 10.3 Å². The van der Waals surface area contributed by atoms with Crippen LogP contribution in [0.1, 0.15) is 33.4 Å². The molecule has 0 bridgehead atoms. The van der Waals surface area contributed by atoms with Crippen molar-refractivity contribution in [1.29, 1.82) is 0 Å². The number of carbonyl (C=O) groups is 1. The molecule has 0 aliphatic carbocycles. The molecule has 2 aromatic carbocycles. The van der Waals surface area contributed by atoms with E-state index in [0.717, 1.165) is 27.7 Å². The summed E-state index contributed by atoms with van der Waals surface area (Å²) < 4.78 is 0. The summed E-state index contributed by atoms with van der Waals surface area (Å²) in [5.74, 6) is -0.154. The van der Waals surface area contributed by atoms with Crippen molar-refractivity contribution in [2.75, 3.05) is 0 Å². The van der Waals surface area contributed by atoms with Crippen LogP contribution in [0.4, 0.5) is 0 Å². The van der Waals surface area contributed by atoms with Gasteiger partial charge in [-0.05, 0) is 42.3 Å². The number of carbonyl (C=O) groups excluding carboxylic acids is 1. The number of rotatable bonds is 4. The predicted molar refractivity (Wildman–Crippen MR) is 103 cm³/mol. The molecule has 0 saturated carbocycles. The van der Waals surface area contributed by atoms with Crippen molar-refractivity contribution in [1.82, 2.24) is 15.3 Å². The lowest BCUT2D eigenvalue weighted by atomic mass is 10.0. The standard InChI is InChI=1S/C22H19N3O/c1-15-10-11-17-14-20(24-19(17)13-15)22(26)25-21(16-7-3-2-4-8-16)18-9-5-6-12-23-18/h2-14,21,24H,1H3,(H,25,26). The fourth-order valence-electron chi connectivity index (χ4n) is 3.09. The number of fused-ring (bicyclic) bond motifs is 1. The maximum Gasteiger partial charge on any atom is 0.268 e. The minimum Gasteiger partial charge on any atom is -0.351 e. The van der Waals surface area contributed by atoms with E-state index >= 15 is 0 Å². The molecule has 4 rings (SSSR count). The third kappa shape index (κ3) is 3.22. The van der Waals surface area contributed by atoms with Gasteiger partial charge in [0.25, 0.3) is 5.91 Å². The first-order valence-corrected chi connectivity index (χ1v) is 8.57. The largest absolute Gasteiger partial charge is 0.351 e. The molecule has 0 aliphatic heterocycles. The highest BCUT2D eigenvalue weighted by Crippen LogP contribution is 2.22. The van der Waals surface area contributed by atoms with Crippen LogP contribution in [0.15, 0.2) is 79.0 Å². The Labute approximate surface area is 151 Å². The number of nitrogens with one attached hydrogen (secondary N) is 2. The van der Waals surface area contributed by atoms with Crippen LogP contribution < -0.4 is 5.32 Å². The summed E-state index contributed by atoms with van der Waals surface area (Å²) >= 11 is 0. The van der Waals surface area contributed by atoms with E-state index in [1.807, 2.05) is 79.7 Å². The number of amides is 1. The number of H-pyrrole nitrogens is 1. The molecule has 2 heterocycles. The summed E-state index contributed by atoms with van der Waals surface area (Å²) in [7, 11) is 0. The molecule has 128 valence electrons. The summed E-state index contributed by atoms with van der Waals surface area (Å²) in [6.07, 6.45) is 1.74. The maximum absolute atomic E-state index is 12.9. The second-order valence-corrected chi connectivity index (χ2v) is 6.35. The molecule has 26 heavy (non-hydrogen) atoms. The smallest absolute Gasteiger partial charge is 0.268 e. The molecule has 1 atom stereocenters. The Morgan fingerprint density at radius 1 is 1.00 bits per heavy atom. The Balaban J connectivity index is 1.67. The third-order valence-corrected chi connectivity index (χ3v) is 4.41. The van der Waals surface area contributed by atoms with Gasteiger partial charge in [0, 0.05) is 17.1 Å². The molecule has 4 heteroatoms. The van der Waals surface area contributed by atoms with Crippen molar-refractivity contribution < 1.29 is 4.79 Å². The first-order chi connectivity index (χ1) is 12.7. The average Bonchev–Trinajstić information content (AvgIpc) is 3.10. The lowest BCUT2D eigenvalue weighted by Crippen LogP contribution is -2.30. The zero-order chi connectivity index (χ0) is 17.9. The summed E-state index contributed by atoms with van der Waals surface area (Å²) in [5, 5.41) is 4.13. The molecule has 0 saturated heterocycles. The Kier molecular flexibility index (Phi) is 4.23. The highest BCUT2D eigenvalue weighted by molar-refractivity contribution is 5.98. The molecule has 0 radical (unpaired) electrons. The van der Waals surface area contributed by atoms with Gasteiger partial charge in [-0.1, -0.05) is 48.5 Å². The second-order valence-electron chi connectivity index (χ2n) is 6.35. The topological polar surface area (TPSA) is 57.8 Å². The number of hydrogen-bond donors (Lipinski definition) is 2. The highest BCUT2D eigenvalue weighted by Gasteiger charge is 2.19. The molecule has 4 nitrogen and oxygen atoms in total. The van der Waals surface area contributed by atoms with Crippen LogP contribution in [0.2, 0.25) is 0 Å². The van der Waals surface area contributed by atoms with E-state index in [0.29, 0.717) is 5.69 Å². The highest BCUT2D eigenvalue weighted by atomic mass is 16.1. The minimum atomic E-state index is -0.307. The first-order valence-electron chi connectivity index (χ1n) is 8.57. The number of aromatic amines is 1. The number of pyridine rings is 1. The number of aryl methyl sites for hydroxylation is 1. The maximum atomic E-state index is 12.9. The Morgan fingerprint density at radius 2 is 1.81 bits per heavy atom. The molecule has 2 aromatic heterocycles. The van der Waals surface area contributed by atoms with Crippen molar-refractivity contribution in [2.24, 2.45) is 0 Å². The van der Waals surface area contributed by atoms with Gasteiger partial charge in [-0.15, -0.1) is 0 Å². The average molecular weight is 341 g/mol. The fourth-order valence-corrected chi connectivity index (χ4v) is 3.09. The fraction of sp³-hybridized carbons (Fsp3) is 0.0909. The van der Waals surface area contributed by atoms with Crippen molar-refractivity contribution in [2.45, 2.75) is 13.0 Å². The second kappa shape index (κ2) is 6.84. The minimum absolute atomic E-state index is 0.154. The van der Waals surface area contributed by atoms with E-state index < -0.39 is 0 Å². The van der Waals surface area contributed by atoms with Gasteiger partial charge in [0.2, 0.25) is 0 Å². The molecule has 0 aliphatic rings. The van der Waals surface area contributed by atoms with Gasteiger partial charge >= 0.3 is 0 Å². The van der Waals surface area contributed by atoms with Gasteiger partial charge in [0.15, 0.2) is 0 Å². The van der Waals surface area contributed by atoms with E-state index in [4.69, 9.17) is 0 Å². The Hall–Kier alpha value is -3.40. The lowest BCUT2D eigenvalue weighted by Gasteiger charge is -2.18. The zero-order valence-electron chi connectivity index (χ0n) is 14.4. The van der Waals surface area contributed by atoms with Crippen LogP contribution >= 0.6 is 0 Å². The van der Waals surface area contributed by atoms with Crippen LogP contribution in [0, 0.1) is 6.92 Å². The van der Waals surface area contributed by atoms with Crippen LogP contribution in [0.3, 0.4) is 0 Å². The Bertz CT molecular complexity index is 999. The predicted octanol–water partition coefficient (Wildman–Crippen LogP) is 4.39. The normalized spacial score (nSPS) is 12.0. The summed E-state index contributed by atoms with van der Waals surface area (Å²) in [6.45, 7) is 2.03. The van der Waals surface area contributed by atoms with E-state index in [1.54, 1.807) is 6.20 Å². The molecule has 0 spiro atoms. The van der Waals surface area contributed by atoms with Crippen LogP contribution in [0.25, 0.3) is 10.9 Å². The lowest BCUT2D eigenvalue weighted by molar-refractivity contribution is 0.0938. The molecular formula is C22H19N3O.